The molecule has 2 atom stereocenters. The average Bonchev–Trinajstić information content (AvgIpc) is 1.52. The van der Waals surface area contributed by atoms with Gasteiger partial charge in [0.25, 0.3) is 6.71 Å². The van der Waals surface area contributed by atoms with Crippen LogP contribution in [-0.4, -0.2) is 12.3 Å². The minimum Gasteiger partial charge on any atom is -0.334 e. The molecular formula is C82H90BN3S. The van der Waals surface area contributed by atoms with Crippen molar-refractivity contribution in [2.75, 3.05) is 14.7 Å². The maximum Gasteiger partial charge on any atom is 0.252 e. The molecule has 16 rings (SSSR count). The van der Waals surface area contributed by atoms with Crippen LogP contribution in [0, 0.1) is 0 Å². The van der Waals surface area contributed by atoms with E-state index in [9.17, 15) is 0 Å². The van der Waals surface area contributed by atoms with Crippen molar-refractivity contribution in [3.05, 3.63) is 195 Å². The van der Waals surface area contributed by atoms with E-state index in [1.807, 2.05) is 11.3 Å². The van der Waals surface area contributed by atoms with E-state index in [1.165, 1.54) is 163 Å². The summed E-state index contributed by atoms with van der Waals surface area (Å²) < 4.78 is 2.67. The van der Waals surface area contributed by atoms with Gasteiger partial charge in [-0.25, -0.2) is 0 Å². The Kier molecular flexibility index (Phi) is 11.3. The molecule has 0 amide bonds. The zero-order valence-corrected chi connectivity index (χ0v) is 56.1. The van der Waals surface area contributed by atoms with Crippen LogP contribution in [0.1, 0.15) is 225 Å². The van der Waals surface area contributed by atoms with Gasteiger partial charge in [0.1, 0.15) is 0 Å². The van der Waals surface area contributed by atoms with Crippen LogP contribution in [0.3, 0.4) is 0 Å². The molecule has 8 aromatic carbocycles. The summed E-state index contributed by atoms with van der Waals surface area (Å²) in [5, 5.41) is 2.66. The fourth-order valence-corrected chi connectivity index (χ4v) is 19.9. The second-order valence-corrected chi connectivity index (χ2v) is 34.5. The van der Waals surface area contributed by atoms with Gasteiger partial charge >= 0.3 is 0 Å². The molecule has 0 bridgehead atoms. The average molecular weight is 1160 g/mol. The smallest absolute Gasteiger partial charge is 0.252 e. The number of benzene rings is 8. The van der Waals surface area contributed by atoms with E-state index in [2.05, 4.69) is 272 Å². The number of rotatable bonds is 3. The first-order valence-electron chi connectivity index (χ1n) is 33.2. The summed E-state index contributed by atoms with van der Waals surface area (Å²) in [5.74, 6) is 0. The summed E-state index contributed by atoms with van der Waals surface area (Å²) in [6.07, 6.45) is 9.43. The second-order valence-electron chi connectivity index (χ2n) is 33.4. The summed E-state index contributed by atoms with van der Waals surface area (Å²) >= 11 is 1.92. The fourth-order valence-electron chi connectivity index (χ4n) is 18.8. The van der Waals surface area contributed by atoms with Gasteiger partial charge in [0.15, 0.2) is 0 Å². The van der Waals surface area contributed by atoms with E-state index in [4.69, 9.17) is 0 Å². The van der Waals surface area contributed by atoms with Crippen molar-refractivity contribution >= 4 is 100 Å². The Labute approximate surface area is 524 Å². The minimum atomic E-state index is -0.251. The lowest BCUT2D eigenvalue weighted by molar-refractivity contribution is 0.195. The highest BCUT2D eigenvalue weighted by atomic mass is 32.1. The van der Waals surface area contributed by atoms with Crippen molar-refractivity contribution in [2.24, 2.45) is 0 Å². The maximum atomic E-state index is 2.89. The quantitative estimate of drug-likeness (QED) is 0.163. The van der Waals surface area contributed by atoms with Crippen LogP contribution in [0.5, 0.6) is 0 Å². The van der Waals surface area contributed by atoms with E-state index in [0.29, 0.717) is 0 Å². The van der Waals surface area contributed by atoms with Gasteiger partial charge in [-0.15, -0.1) is 11.3 Å². The lowest BCUT2D eigenvalue weighted by Crippen LogP contribution is -2.62. The molecular weight excluding hydrogens is 1070 g/mol. The molecule has 1 saturated carbocycles. The normalized spacial score (nSPS) is 23.4. The van der Waals surface area contributed by atoms with Gasteiger partial charge in [0.2, 0.25) is 0 Å². The first kappa shape index (κ1) is 55.7. The van der Waals surface area contributed by atoms with Gasteiger partial charge in [-0.1, -0.05) is 196 Å². The summed E-state index contributed by atoms with van der Waals surface area (Å²) in [7, 11) is 0. The molecule has 4 aliphatic carbocycles. The third-order valence-electron chi connectivity index (χ3n) is 24.7. The van der Waals surface area contributed by atoms with Gasteiger partial charge in [-0.3, -0.25) is 0 Å². The Balaban J connectivity index is 1.08. The van der Waals surface area contributed by atoms with Crippen molar-refractivity contribution in [3.8, 4) is 0 Å². The van der Waals surface area contributed by atoms with E-state index in [1.54, 1.807) is 0 Å². The van der Waals surface area contributed by atoms with Gasteiger partial charge < -0.3 is 14.7 Å². The fraction of sp³-hybridized carbons (Fsp3) is 0.415. The molecule has 7 aliphatic rings. The number of thiophene rings is 1. The first-order chi connectivity index (χ1) is 41.0. The van der Waals surface area contributed by atoms with E-state index in [0.717, 1.165) is 25.7 Å². The van der Waals surface area contributed by atoms with Crippen LogP contribution >= 0.6 is 11.3 Å². The third-order valence-corrected chi connectivity index (χ3v) is 25.9. The molecule has 1 fully saturated rings. The standard InChI is InChI=1S/C82H90BN3S/c1-74(2,3)49-28-32-66-63(40-49)81(16)34-22-23-35-82(81,17)86(66)52-43-69-73-70(44-52)85(51-29-31-55-58(42-51)76(6,7)37-36-75(55,4)5)67-47-60-59(77(8,9)38-39-78(60,10)11)45-64(67)83(73)65-46-61-62(80(14,15)57-26-20-19-25-56(57)79(61,12)13)48-68(65)84(69)50-30-33-72-54(41-50)53-24-18-21-27-71(53)87-72/h18-21,24-33,40-48H,22-23,34-39H2,1-17H3. The molecule has 0 spiro atoms. The zero-order chi connectivity index (χ0) is 60.9. The van der Waals surface area contributed by atoms with Crippen molar-refractivity contribution in [3.63, 3.8) is 0 Å². The van der Waals surface area contributed by atoms with Crippen molar-refractivity contribution in [2.45, 2.75) is 218 Å². The highest BCUT2D eigenvalue weighted by molar-refractivity contribution is 7.25. The van der Waals surface area contributed by atoms with Crippen LogP contribution in [0.15, 0.2) is 140 Å². The lowest BCUT2D eigenvalue weighted by Gasteiger charge is -2.52. The van der Waals surface area contributed by atoms with Gasteiger partial charge in [-0.2, -0.15) is 0 Å². The van der Waals surface area contributed by atoms with Crippen LogP contribution < -0.4 is 31.1 Å². The number of anilines is 8. The molecule has 1 aromatic heterocycles. The largest absolute Gasteiger partial charge is 0.334 e. The predicted octanol–water partition coefficient (Wildman–Crippen LogP) is 20.8. The maximum absolute atomic E-state index is 2.89. The number of hydrogen-bond acceptors (Lipinski definition) is 4. The molecule has 442 valence electrons. The lowest BCUT2D eigenvalue weighted by atomic mass is 9.32. The summed E-state index contributed by atoms with van der Waals surface area (Å²) in [6, 6.07) is 57.6. The highest BCUT2D eigenvalue weighted by Gasteiger charge is 2.59. The number of nitrogens with zero attached hydrogens (tertiary/aromatic N) is 3. The van der Waals surface area contributed by atoms with Crippen LogP contribution in [0.25, 0.3) is 20.2 Å². The van der Waals surface area contributed by atoms with Crippen molar-refractivity contribution < 1.29 is 0 Å². The predicted molar refractivity (Wildman–Crippen MR) is 376 cm³/mol. The summed E-state index contributed by atoms with van der Waals surface area (Å²) in [5.41, 5.74) is 28.8. The van der Waals surface area contributed by atoms with Crippen LogP contribution in [0.4, 0.5) is 45.5 Å². The molecule has 3 aliphatic heterocycles. The van der Waals surface area contributed by atoms with Crippen LogP contribution in [-0.2, 0) is 43.3 Å². The zero-order valence-electron chi connectivity index (χ0n) is 55.3. The van der Waals surface area contributed by atoms with Crippen molar-refractivity contribution in [1.82, 2.24) is 0 Å². The minimum absolute atomic E-state index is 0.000276. The Morgan fingerprint density at radius 1 is 0.379 bits per heavy atom. The third kappa shape index (κ3) is 7.48. The Morgan fingerprint density at radius 3 is 1.52 bits per heavy atom. The van der Waals surface area contributed by atoms with Crippen LogP contribution in [0.2, 0.25) is 0 Å². The molecule has 0 saturated heterocycles. The van der Waals surface area contributed by atoms with Crippen molar-refractivity contribution in [1.29, 1.82) is 0 Å². The topological polar surface area (TPSA) is 9.72 Å². The van der Waals surface area contributed by atoms with E-state index in [-0.39, 0.29) is 55.6 Å². The monoisotopic (exact) mass is 1160 g/mol. The van der Waals surface area contributed by atoms with E-state index >= 15 is 0 Å². The highest BCUT2D eigenvalue weighted by Crippen LogP contribution is 2.63. The number of hydrogen-bond donors (Lipinski definition) is 0. The molecule has 2 unspecified atom stereocenters. The Bertz CT molecular complexity index is 4480. The van der Waals surface area contributed by atoms with Gasteiger partial charge in [0.05, 0.1) is 5.54 Å². The second kappa shape index (κ2) is 17.6. The molecule has 87 heavy (non-hydrogen) atoms. The summed E-state index contributed by atoms with van der Waals surface area (Å²) in [6.45, 7) is 42.5. The molecule has 4 heterocycles. The molecule has 9 aromatic rings. The Hall–Kier alpha value is -6.56. The molecule has 0 radical (unpaired) electrons. The Morgan fingerprint density at radius 2 is 0.885 bits per heavy atom. The van der Waals surface area contributed by atoms with Gasteiger partial charge in [0, 0.05) is 81.9 Å². The number of fused-ring (bicyclic) bond motifs is 14. The first-order valence-corrected chi connectivity index (χ1v) is 34.1. The molecule has 3 nitrogen and oxygen atoms in total. The van der Waals surface area contributed by atoms with E-state index < -0.39 is 0 Å². The molecule has 0 N–H and O–H groups in total. The SMILES string of the molecule is CC(C)(C)c1ccc2c(c1)C1(C)CCCCC1(C)N2c1cc2c3c(c1)N(c1ccc4sc5ccccc5c4c1)c1cc4c(cc1B3c1cc3c(cc1N2c1ccc2c(c1)C(C)(C)CCC2(C)C)C(C)(C)CCC3(C)C)C(C)(C)c1ccccc1C4(C)C. The summed E-state index contributed by atoms with van der Waals surface area (Å²) in [4.78, 5) is 8.48. The van der Waals surface area contributed by atoms with Gasteiger partial charge in [-0.05, 0) is 211 Å². The molecule has 5 heteroatoms.